The summed E-state index contributed by atoms with van der Waals surface area (Å²) in [5.74, 6) is 1.97. The Morgan fingerprint density at radius 3 is 2.88 bits per heavy atom. The molecule has 0 spiro atoms. The summed E-state index contributed by atoms with van der Waals surface area (Å²) in [5, 5.41) is 8.84. The molecule has 0 unspecified atom stereocenters. The maximum absolute atomic E-state index is 8.84. The van der Waals surface area contributed by atoms with Crippen LogP contribution in [0.3, 0.4) is 0 Å². The Hall–Kier alpha value is -1.30. The molecule has 0 N–H and O–H groups in total. The van der Waals surface area contributed by atoms with Crippen molar-refractivity contribution in [2.45, 2.75) is 57.4 Å². The van der Waals surface area contributed by atoms with Gasteiger partial charge in [0.15, 0.2) is 0 Å². The van der Waals surface area contributed by atoms with Crippen molar-refractivity contribution >= 4 is 0 Å². The van der Waals surface area contributed by atoms with Gasteiger partial charge in [0, 0.05) is 18.2 Å². The molecule has 0 amide bonds. The molecule has 1 aromatic heterocycles. The number of hydrogen-bond donors (Lipinski definition) is 0. The lowest BCUT2D eigenvalue weighted by atomic mass is 9.84. The molecule has 2 heterocycles. The second-order valence-corrected chi connectivity index (χ2v) is 4.93. The van der Waals surface area contributed by atoms with Gasteiger partial charge in [-0.05, 0) is 32.1 Å². The average molecular weight is 215 g/mol. The van der Waals surface area contributed by atoms with Crippen molar-refractivity contribution in [2.75, 3.05) is 0 Å². The van der Waals surface area contributed by atoms with Crippen LogP contribution in [-0.2, 0) is 19.4 Å². The van der Waals surface area contributed by atoms with E-state index in [9.17, 15) is 0 Å². The summed E-state index contributed by atoms with van der Waals surface area (Å²) < 4.78 is 2.42. The van der Waals surface area contributed by atoms with E-state index in [0.717, 1.165) is 18.7 Å². The molecule has 0 radical (unpaired) electrons. The molecule has 0 bridgehead atoms. The van der Waals surface area contributed by atoms with Crippen LogP contribution in [-0.4, -0.2) is 9.55 Å². The molecule has 1 aliphatic carbocycles. The topological polar surface area (TPSA) is 41.6 Å². The summed E-state index contributed by atoms with van der Waals surface area (Å²) in [5.41, 5.74) is 2.42. The van der Waals surface area contributed by atoms with Crippen molar-refractivity contribution in [1.82, 2.24) is 9.55 Å². The zero-order chi connectivity index (χ0) is 11.0. The maximum Gasteiger partial charge on any atom is 0.112 e. The molecule has 0 saturated heterocycles. The van der Waals surface area contributed by atoms with Crippen LogP contribution in [0.1, 0.15) is 55.2 Å². The number of hydrogen-bond acceptors (Lipinski definition) is 2. The van der Waals surface area contributed by atoms with E-state index in [-0.39, 0.29) is 0 Å². The molecule has 3 nitrogen and oxygen atoms in total. The van der Waals surface area contributed by atoms with Gasteiger partial charge in [0.1, 0.15) is 5.82 Å². The van der Waals surface area contributed by atoms with Crippen LogP contribution in [0.5, 0.6) is 0 Å². The van der Waals surface area contributed by atoms with Gasteiger partial charge in [0.25, 0.3) is 0 Å². The van der Waals surface area contributed by atoms with Crippen molar-refractivity contribution in [3.05, 3.63) is 17.2 Å². The predicted octanol–water partition coefficient (Wildman–Crippen LogP) is 2.55. The first-order valence-corrected chi connectivity index (χ1v) is 6.35. The molecule has 1 aromatic rings. The summed E-state index contributed by atoms with van der Waals surface area (Å²) in [7, 11) is 0. The largest absolute Gasteiger partial charge is 0.331 e. The van der Waals surface area contributed by atoms with Gasteiger partial charge in [-0.1, -0.05) is 6.42 Å². The molecular formula is C13H17N3. The highest BCUT2D eigenvalue weighted by Gasteiger charge is 2.28. The first-order valence-electron chi connectivity index (χ1n) is 6.35. The van der Waals surface area contributed by atoms with E-state index in [1.807, 2.05) is 0 Å². The minimum Gasteiger partial charge on any atom is -0.331 e. The monoisotopic (exact) mass is 215 g/mol. The smallest absolute Gasteiger partial charge is 0.112 e. The van der Waals surface area contributed by atoms with Crippen molar-refractivity contribution in [3.63, 3.8) is 0 Å². The maximum atomic E-state index is 8.84. The lowest BCUT2D eigenvalue weighted by molar-refractivity contribution is 0.376. The van der Waals surface area contributed by atoms with E-state index in [1.165, 1.54) is 43.6 Å². The molecule has 3 heteroatoms. The van der Waals surface area contributed by atoms with E-state index in [2.05, 4.69) is 10.6 Å². The van der Waals surface area contributed by atoms with Gasteiger partial charge >= 0.3 is 0 Å². The van der Waals surface area contributed by atoms with Crippen LogP contribution in [0.25, 0.3) is 0 Å². The predicted molar refractivity (Wildman–Crippen MR) is 61.1 cm³/mol. The zero-order valence-corrected chi connectivity index (χ0v) is 9.58. The van der Waals surface area contributed by atoms with E-state index in [4.69, 9.17) is 10.2 Å². The number of aromatic nitrogens is 2. The highest BCUT2D eigenvalue weighted by atomic mass is 15.1. The lowest BCUT2D eigenvalue weighted by Crippen LogP contribution is -2.19. The standard InChI is InChI=1S/C13H17N3/c14-8-7-11-12-6-1-2-9-16(12)13(15-11)10-4-3-5-10/h10H,1-7,9H2. The van der Waals surface area contributed by atoms with E-state index >= 15 is 0 Å². The third-order valence-electron chi connectivity index (χ3n) is 3.95. The molecular weight excluding hydrogens is 198 g/mol. The lowest BCUT2D eigenvalue weighted by Gasteiger charge is -2.27. The molecule has 1 aliphatic heterocycles. The van der Waals surface area contributed by atoms with E-state index in [1.54, 1.807) is 0 Å². The summed E-state index contributed by atoms with van der Waals surface area (Å²) in [6.07, 6.45) is 8.08. The number of imidazole rings is 1. The van der Waals surface area contributed by atoms with Crippen molar-refractivity contribution in [2.24, 2.45) is 0 Å². The Bertz CT molecular complexity index is 435. The van der Waals surface area contributed by atoms with Gasteiger partial charge in [-0.15, -0.1) is 0 Å². The molecule has 3 rings (SSSR count). The van der Waals surface area contributed by atoms with Gasteiger partial charge < -0.3 is 4.57 Å². The highest BCUT2D eigenvalue weighted by molar-refractivity contribution is 5.24. The summed E-state index contributed by atoms with van der Waals surface area (Å²) in [4.78, 5) is 4.74. The second kappa shape index (κ2) is 3.93. The first kappa shape index (κ1) is 9.89. The highest BCUT2D eigenvalue weighted by Crippen LogP contribution is 2.37. The van der Waals surface area contributed by atoms with Crippen LogP contribution in [0.15, 0.2) is 0 Å². The van der Waals surface area contributed by atoms with Crippen LogP contribution in [0.4, 0.5) is 0 Å². The normalized spacial score (nSPS) is 19.9. The van der Waals surface area contributed by atoms with Gasteiger partial charge in [0.2, 0.25) is 0 Å². The molecule has 1 fully saturated rings. The molecule has 16 heavy (non-hydrogen) atoms. The zero-order valence-electron chi connectivity index (χ0n) is 9.58. The fourth-order valence-electron chi connectivity index (χ4n) is 2.84. The minimum absolute atomic E-state index is 0.488. The van der Waals surface area contributed by atoms with Crippen LogP contribution >= 0.6 is 0 Å². The molecule has 84 valence electrons. The van der Waals surface area contributed by atoms with Crippen molar-refractivity contribution in [3.8, 4) is 6.07 Å². The van der Waals surface area contributed by atoms with Gasteiger partial charge in [-0.2, -0.15) is 5.26 Å². The Kier molecular flexibility index (Phi) is 2.43. The van der Waals surface area contributed by atoms with Crippen LogP contribution in [0, 0.1) is 11.3 Å². The van der Waals surface area contributed by atoms with Crippen molar-refractivity contribution < 1.29 is 0 Å². The third kappa shape index (κ3) is 1.44. The average Bonchev–Trinajstić information content (AvgIpc) is 2.57. The Morgan fingerprint density at radius 1 is 1.31 bits per heavy atom. The first-order chi connectivity index (χ1) is 7.90. The minimum atomic E-state index is 0.488. The third-order valence-corrected chi connectivity index (χ3v) is 3.95. The summed E-state index contributed by atoms with van der Waals surface area (Å²) >= 11 is 0. The van der Waals surface area contributed by atoms with Crippen LogP contribution in [0.2, 0.25) is 0 Å². The fourth-order valence-corrected chi connectivity index (χ4v) is 2.84. The van der Waals surface area contributed by atoms with E-state index < -0.39 is 0 Å². The Balaban J connectivity index is 2.00. The Morgan fingerprint density at radius 2 is 2.19 bits per heavy atom. The van der Waals surface area contributed by atoms with E-state index in [0.29, 0.717) is 12.3 Å². The number of rotatable bonds is 2. The SMILES string of the molecule is N#CCc1nc(C2CCC2)n2c1CCCC2. The molecule has 2 aliphatic rings. The van der Waals surface area contributed by atoms with Gasteiger partial charge in [-0.25, -0.2) is 4.98 Å². The van der Waals surface area contributed by atoms with Crippen LogP contribution < -0.4 is 0 Å². The quantitative estimate of drug-likeness (QED) is 0.760. The number of nitrogens with zero attached hydrogens (tertiary/aromatic N) is 3. The molecule has 0 atom stereocenters. The van der Waals surface area contributed by atoms with Gasteiger partial charge in [0.05, 0.1) is 18.2 Å². The molecule has 0 aromatic carbocycles. The number of fused-ring (bicyclic) bond motifs is 1. The molecule has 1 saturated carbocycles. The summed E-state index contributed by atoms with van der Waals surface area (Å²) in [6, 6.07) is 2.25. The number of nitriles is 1. The van der Waals surface area contributed by atoms with Crippen molar-refractivity contribution in [1.29, 1.82) is 5.26 Å². The summed E-state index contributed by atoms with van der Waals surface area (Å²) in [6.45, 7) is 1.12. The Labute approximate surface area is 96.1 Å². The second-order valence-electron chi connectivity index (χ2n) is 4.93. The fraction of sp³-hybridized carbons (Fsp3) is 0.692. The van der Waals surface area contributed by atoms with Gasteiger partial charge in [-0.3, -0.25) is 0 Å².